The van der Waals surface area contributed by atoms with Crippen LogP contribution in [0.25, 0.3) is 0 Å². The molecule has 1 aliphatic heterocycles. The fourth-order valence-electron chi connectivity index (χ4n) is 2.10. The highest BCUT2D eigenvalue weighted by atomic mass is 32.2. The molecule has 0 bridgehead atoms. The van der Waals surface area contributed by atoms with Crippen LogP contribution in [0.1, 0.15) is 27.2 Å². The van der Waals surface area contributed by atoms with E-state index in [2.05, 4.69) is 21.8 Å². The van der Waals surface area contributed by atoms with Crippen molar-refractivity contribution in [2.75, 3.05) is 12.3 Å². The first-order chi connectivity index (χ1) is 9.45. The summed E-state index contributed by atoms with van der Waals surface area (Å²) in [6.07, 6.45) is 4.77. The van der Waals surface area contributed by atoms with E-state index in [9.17, 15) is 9.59 Å². The largest absolute Gasteiger partial charge is 0.326 e. The summed E-state index contributed by atoms with van der Waals surface area (Å²) >= 11 is 1.56. The van der Waals surface area contributed by atoms with Crippen LogP contribution in [0.5, 0.6) is 0 Å². The Morgan fingerprint density at radius 2 is 2.10 bits per heavy atom. The smallest absolute Gasteiger partial charge is 0.325 e. The molecule has 6 nitrogen and oxygen atoms in total. The van der Waals surface area contributed by atoms with Gasteiger partial charge in [-0.15, -0.1) is 0 Å². The van der Waals surface area contributed by atoms with Gasteiger partial charge in [-0.2, -0.15) is 0 Å². The van der Waals surface area contributed by atoms with Gasteiger partial charge < -0.3 is 9.88 Å². The van der Waals surface area contributed by atoms with E-state index in [4.69, 9.17) is 0 Å². The highest BCUT2D eigenvalue weighted by Gasteiger charge is 2.43. The molecule has 0 atom stereocenters. The van der Waals surface area contributed by atoms with E-state index in [1.807, 2.05) is 6.20 Å². The zero-order chi connectivity index (χ0) is 14.8. The summed E-state index contributed by atoms with van der Waals surface area (Å²) < 4.78 is 2.08. The second-order valence-corrected chi connectivity index (χ2v) is 6.33. The Morgan fingerprint density at radius 1 is 1.35 bits per heavy atom. The van der Waals surface area contributed by atoms with Crippen molar-refractivity contribution in [1.29, 1.82) is 0 Å². The van der Waals surface area contributed by atoms with Gasteiger partial charge in [0.15, 0.2) is 5.16 Å². The van der Waals surface area contributed by atoms with Crippen LogP contribution in [0.2, 0.25) is 0 Å². The highest BCUT2D eigenvalue weighted by Crippen LogP contribution is 2.20. The molecule has 0 radical (unpaired) electrons. The number of urea groups is 1. The maximum atomic E-state index is 12.0. The minimum absolute atomic E-state index is 0.167. The number of aromatic nitrogens is 2. The number of thioether (sulfide) groups is 1. The average molecular weight is 296 g/mol. The van der Waals surface area contributed by atoms with E-state index < -0.39 is 5.54 Å². The Hall–Kier alpha value is -1.50. The SMILES string of the molecule is CCCn1ccnc1SCCN1C(=O)NC(C)(C)C1=O. The summed E-state index contributed by atoms with van der Waals surface area (Å²) in [5.74, 6) is 0.482. The number of imide groups is 1. The van der Waals surface area contributed by atoms with Crippen LogP contribution >= 0.6 is 11.8 Å². The van der Waals surface area contributed by atoms with Crippen molar-refractivity contribution in [2.24, 2.45) is 0 Å². The van der Waals surface area contributed by atoms with Crippen LogP contribution in [-0.4, -0.2) is 44.2 Å². The first-order valence-electron chi connectivity index (χ1n) is 6.73. The number of hydrogen-bond acceptors (Lipinski definition) is 4. The molecular formula is C13H20N4O2S. The Morgan fingerprint density at radius 3 is 2.70 bits per heavy atom. The number of amides is 3. The van der Waals surface area contributed by atoms with E-state index in [1.54, 1.807) is 31.8 Å². The van der Waals surface area contributed by atoms with E-state index >= 15 is 0 Å². The number of imidazole rings is 1. The quantitative estimate of drug-likeness (QED) is 0.641. The van der Waals surface area contributed by atoms with Crippen LogP contribution < -0.4 is 5.32 Å². The molecule has 1 saturated heterocycles. The van der Waals surface area contributed by atoms with E-state index in [-0.39, 0.29) is 11.9 Å². The molecule has 1 aromatic heterocycles. The van der Waals surface area contributed by atoms with Gasteiger partial charge in [0.25, 0.3) is 5.91 Å². The van der Waals surface area contributed by atoms with Crippen LogP contribution in [0.4, 0.5) is 4.79 Å². The molecule has 20 heavy (non-hydrogen) atoms. The summed E-state index contributed by atoms with van der Waals surface area (Å²) in [4.78, 5) is 29.3. The summed E-state index contributed by atoms with van der Waals surface area (Å²) in [7, 11) is 0. The molecule has 2 heterocycles. The minimum Gasteiger partial charge on any atom is -0.326 e. The number of nitrogens with zero attached hydrogens (tertiary/aromatic N) is 3. The Balaban J connectivity index is 1.89. The molecular weight excluding hydrogens is 276 g/mol. The van der Waals surface area contributed by atoms with Gasteiger partial charge in [-0.1, -0.05) is 18.7 Å². The maximum absolute atomic E-state index is 12.0. The number of carbonyl (C=O) groups excluding carboxylic acids is 2. The number of aryl methyl sites for hydroxylation is 1. The van der Waals surface area contributed by atoms with Crippen LogP contribution in [-0.2, 0) is 11.3 Å². The molecule has 1 aliphatic rings. The predicted molar refractivity (Wildman–Crippen MR) is 77.6 cm³/mol. The van der Waals surface area contributed by atoms with Gasteiger partial charge in [-0.25, -0.2) is 9.78 Å². The van der Waals surface area contributed by atoms with Crippen LogP contribution in [0, 0.1) is 0 Å². The number of nitrogens with one attached hydrogen (secondary N) is 1. The first-order valence-corrected chi connectivity index (χ1v) is 7.72. The third-order valence-electron chi connectivity index (χ3n) is 3.13. The van der Waals surface area contributed by atoms with Crippen molar-refractivity contribution in [3.8, 4) is 0 Å². The minimum atomic E-state index is -0.789. The van der Waals surface area contributed by atoms with Gasteiger partial charge in [0, 0.05) is 31.2 Å². The topological polar surface area (TPSA) is 67.2 Å². The Kier molecular flexibility index (Phi) is 4.37. The summed E-state index contributed by atoms with van der Waals surface area (Å²) in [5.41, 5.74) is -0.789. The van der Waals surface area contributed by atoms with E-state index in [1.165, 1.54) is 4.90 Å². The van der Waals surface area contributed by atoms with Crippen molar-refractivity contribution < 1.29 is 9.59 Å². The van der Waals surface area contributed by atoms with Crippen molar-refractivity contribution >= 4 is 23.7 Å². The second kappa shape index (κ2) is 5.87. The molecule has 0 saturated carbocycles. The molecule has 7 heteroatoms. The lowest BCUT2D eigenvalue weighted by atomic mass is 10.1. The number of hydrogen-bond donors (Lipinski definition) is 1. The third kappa shape index (κ3) is 2.98. The summed E-state index contributed by atoms with van der Waals surface area (Å²) in [6.45, 7) is 6.88. The maximum Gasteiger partial charge on any atom is 0.325 e. The summed E-state index contributed by atoms with van der Waals surface area (Å²) in [5, 5.41) is 3.60. The molecule has 3 amide bonds. The number of carbonyl (C=O) groups is 2. The molecule has 110 valence electrons. The van der Waals surface area contributed by atoms with E-state index in [0.717, 1.165) is 18.1 Å². The first kappa shape index (κ1) is 14.9. The number of rotatable bonds is 6. The molecule has 1 aromatic rings. The Bertz CT molecular complexity index is 512. The molecule has 0 aromatic carbocycles. The van der Waals surface area contributed by atoms with Crippen LogP contribution in [0.3, 0.4) is 0 Å². The lowest BCUT2D eigenvalue weighted by Crippen LogP contribution is -2.40. The van der Waals surface area contributed by atoms with Crippen LogP contribution in [0.15, 0.2) is 17.6 Å². The lowest BCUT2D eigenvalue weighted by Gasteiger charge is -2.15. The summed E-state index contributed by atoms with van der Waals surface area (Å²) in [6, 6.07) is -0.308. The van der Waals surface area contributed by atoms with Crippen molar-refractivity contribution in [3.63, 3.8) is 0 Å². The standard InChI is InChI=1S/C13H20N4O2S/c1-4-6-16-7-5-14-12(16)20-9-8-17-10(18)13(2,3)15-11(17)19/h5,7H,4,6,8-9H2,1-3H3,(H,15,19). The average Bonchev–Trinajstić information content (AvgIpc) is 2.88. The molecule has 0 aliphatic carbocycles. The van der Waals surface area contributed by atoms with Gasteiger partial charge >= 0.3 is 6.03 Å². The van der Waals surface area contributed by atoms with Crippen molar-refractivity contribution in [1.82, 2.24) is 19.8 Å². The third-order valence-corrected chi connectivity index (χ3v) is 4.12. The fraction of sp³-hybridized carbons (Fsp3) is 0.615. The molecule has 0 unspecified atom stereocenters. The van der Waals surface area contributed by atoms with Gasteiger partial charge in [-0.05, 0) is 20.3 Å². The highest BCUT2D eigenvalue weighted by molar-refractivity contribution is 7.99. The van der Waals surface area contributed by atoms with Gasteiger partial charge in [-0.3, -0.25) is 9.69 Å². The monoisotopic (exact) mass is 296 g/mol. The molecule has 1 fully saturated rings. The normalized spacial score (nSPS) is 17.6. The van der Waals surface area contributed by atoms with Gasteiger partial charge in [0.05, 0.1) is 0 Å². The second-order valence-electron chi connectivity index (χ2n) is 5.26. The zero-order valence-corrected chi connectivity index (χ0v) is 12.9. The van der Waals surface area contributed by atoms with Crippen molar-refractivity contribution in [2.45, 2.75) is 44.4 Å². The molecule has 0 spiro atoms. The zero-order valence-electron chi connectivity index (χ0n) is 12.0. The van der Waals surface area contributed by atoms with Gasteiger partial charge in [0.1, 0.15) is 5.54 Å². The van der Waals surface area contributed by atoms with Gasteiger partial charge in [0.2, 0.25) is 0 Å². The molecule has 1 N–H and O–H groups in total. The lowest BCUT2D eigenvalue weighted by molar-refractivity contribution is -0.130. The molecule has 2 rings (SSSR count). The fourth-order valence-corrected chi connectivity index (χ4v) is 3.01. The van der Waals surface area contributed by atoms with E-state index in [0.29, 0.717) is 12.3 Å². The van der Waals surface area contributed by atoms with Crippen molar-refractivity contribution in [3.05, 3.63) is 12.4 Å². The predicted octanol–water partition coefficient (Wildman–Crippen LogP) is 1.72. The Labute approximate surface area is 122 Å².